The van der Waals surface area contributed by atoms with E-state index in [2.05, 4.69) is 42.6 Å². The van der Waals surface area contributed by atoms with Gasteiger partial charge in [0.25, 0.3) is 5.91 Å². The van der Waals surface area contributed by atoms with Crippen LogP contribution in [0.3, 0.4) is 0 Å². The fraction of sp³-hybridized carbons (Fsp3) is 0.333. The minimum atomic E-state index is -0.240. The molecule has 6 nitrogen and oxygen atoms in total. The molecular weight excluding hydrogens is 416 g/mol. The normalized spacial score (nSPS) is 15.3. The molecule has 6 heteroatoms. The first-order valence-corrected chi connectivity index (χ1v) is 11.3. The number of hydrogen-bond acceptors (Lipinski definition) is 4. The van der Waals surface area contributed by atoms with E-state index in [0.29, 0.717) is 18.1 Å². The second-order valence-electron chi connectivity index (χ2n) is 8.82. The molecule has 1 aliphatic heterocycles. The third-order valence-corrected chi connectivity index (χ3v) is 5.83. The highest BCUT2D eigenvalue weighted by Gasteiger charge is 2.30. The first kappa shape index (κ1) is 22.6. The van der Waals surface area contributed by atoms with Crippen LogP contribution in [0.5, 0.6) is 5.75 Å². The molecule has 4 rings (SSSR count). The number of aryl methyl sites for hydroxylation is 1. The molecule has 1 N–H and O–H groups in total. The lowest BCUT2D eigenvalue weighted by molar-refractivity contribution is -0.130. The van der Waals surface area contributed by atoms with E-state index in [1.807, 2.05) is 30.9 Å². The fourth-order valence-corrected chi connectivity index (χ4v) is 4.20. The van der Waals surface area contributed by atoms with Crippen LogP contribution in [-0.4, -0.2) is 29.3 Å². The van der Waals surface area contributed by atoms with Crippen molar-refractivity contribution in [2.24, 2.45) is 0 Å². The minimum absolute atomic E-state index is 0.0360. The molecule has 0 spiro atoms. The zero-order valence-electron chi connectivity index (χ0n) is 19.6. The highest BCUT2D eigenvalue weighted by molar-refractivity contribution is 5.91. The second-order valence-corrected chi connectivity index (χ2v) is 8.82. The fourth-order valence-electron chi connectivity index (χ4n) is 4.20. The SMILES string of the molecule is CC(=O)N1CCc2ccc(OCc3ccc(C(=O)NC(C)C)o3)cc2[C@H]1c1ccc(C)cc1. The van der Waals surface area contributed by atoms with Gasteiger partial charge in [-0.15, -0.1) is 0 Å². The van der Waals surface area contributed by atoms with Gasteiger partial charge in [0.1, 0.15) is 18.1 Å². The lowest BCUT2D eigenvalue weighted by Gasteiger charge is -2.37. The van der Waals surface area contributed by atoms with Crippen LogP contribution in [0.2, 0.25) is 0 Å². The largest absolute Gasteiger partial charge is 0.486 e. The highest BCUT2D eigenvalue weighted by atomic mass is 16.5. The molecule has 172 valence electrons. The van der Waals surface area contributed by atoms with Crippen LogP contribution in [0.25, 0.3) is 0 Å². The zero-order chi connectivity index (χ0) is 23.5. The maximum Gasteiger partial charge on any atom is 0.287 e. The van der Waals surface area contributed by atoms with Crippen LogP contribution in [0.1, 0.15) is 65.4 Å². The van der Waals surface area contributed by atoms with Gasteiger partial charge in [0.15, 0.2) is 5.76 Å². The Morgan fingerprint density at radius 1 is 1.12 bits per heavy atom. The van der Waals surface area contributed by atoms with Crippen molar-refractivity contribution in [2.45, 2.75) is 52.8 Å². The molecule has 1 atom stereocenters. The molecule has 2 amide bonds. The number of hydrogen-bond donors (Lipinski definition) is 1. The number of amides is 2. The topological polar surface area (TPSA) is 71.8 Å². The highest BCUT2D eigenvalue weighted by Crippen LogP contribution is 2.37. The smallest absolute Gasteiger partial charge is 0.287 e. The molecule has 0 saturated carbocycles. The third kappa shape index (κ3) is 5.11. The van der Waals surface area contributed by atoms with E-state index >= 15 is 0 Å². The number of fused-ring (bicyclic) bond motifs is 1. The van der Waals surface area contributed by atoms with Crippen LogP contribution in [0.4, 0.5) is 0 Å². The molecule has 2 aromatic carbocycles. The summed E-state index contributed by atoms with van der Waals surface area (Å²) in [5.41, 5.74) is 4.56. The predicted molar refractivity (Wildman–Crippen MR) is 126 cm³/mol. The number of furan rings is 1. The summed E-state index contributed by atoms with van der Waals surface area (Å²) < 4.78 is 11.6. The third-order valence-electron chi connectivity index (χ3n) is 5.83. The Morgan fingerprint density at radius 2 is 1.88 bits per heavy atom. The molecule has 1 aromatic heterocycles. The molecule has 0 radical (unpaired) electrons. The summed E-state index contributed by atoms with van der Waals surface area (Å²) in [6.07, 6.45) is 0.810. The summed E-state index contributed by atoms with van der Waals surface area (Å²) in [7, 11) is 0. The van der Waals surface area contributed by atoms with Crippen molar-refractivity contribution >= 4 is 11.8 Å². The van der Waals surface area contributed by atoms with Crippen molar-refractivity contribution in [2.75, 3.05) is 6.54 Å². The molecule has 0 saturated heterocycles. The Hall–Kier alpha value is -3.54. The monoisotopic (exact) mass is 446 g/mol. The Morgan fingerprint density at radius 3 is 2.58 bits per heavy atom. The van der Waals surface area contributed by atoms with Gasteiger partial charge in [-0.3, -0.25) is 9.59 Å². The van der Waals surface area contributed by atoms with Crippen molar-refractivity contribution in [1.82, 2.24) is 10.2 Å². The Bertz CT molecular complexity index is 1150. The number of carbonyl (C=O) groups excluding carboxylic acids is 2. The lowest BCUT2D eigenvalue weighted by atomic mass is 9.87. The van der Waals surface area contributed by atoms with Crippen LogP contribution in [-0.2, 0) is 17.8 Å². The number of benzene rings is 2. The number of nitrogens with one attached hydrogen (secondary N) is 1. The second kappa shape index (κ2) is 9.53. The van der Waals surface area contributed by atoms with Crippen LogP contribution in [0.15, 0.2) is 59.0 Å². The maximum atomic E-state index is 12.4. The standard InChI is InChI=1S/C27H30N2O4/c1-17(2)28-27(31)25-12-11-23(33-25)16-32-22-10-9-20-13-14-29(19(4)30)26(24(20)15-22)21-7-5-18(3)6-8-21/h5-12,15,17,26H,13-14,16H2,1-4H3,(H,28,31)/t26-/m1/s1. The molecule has 0 unspecified atom stereocenters. The molecule has 3 aromatic rings. The first-order valence-electron chi connectivity index (χ1n) is 11.3. The summed E-state index contributed by atoms with van der Waals surface area (Å²) in [5, 5.41) is 2.81. The Kier molecular flexibility index (Phi) is 6.54. The molecule has 33 heavy (non-hydrogen) atoms. The summed E-state index contributed by atoms with van der Waals surface area (Å²) in [5.74, 6) is 1.35. The molecule has 0 fully saturated rings. The molecule has 0 aliphatic carbocycles. The summed E-state index contributed by atoms with van der Waals surface area (Å²) in [6.45, 7) is 8.38. The number of ether oxygens (including phenoxy) is 1. The van der Waals surface area contributed by atoms with Crippen LogP contribution < -0.4 is 10.1 Å². The van der Waals surface area contributed by atoms with E-state index in [1.54, 1.807) is 19.1 Å². The average Bonchev–Trinajstić information content (AvgIpc) is 3.26. The molecular formula is C27H30N2O4. The van der Waals surface area contributed by atoms with E-state index < -0.39 is 0 Å². The number of rotatable bonds is 6. The zero-order valence-corrected chi connectivity index (χ0v) is 19.6. The summed E-state index contributed by atoms with van der Waals surface area (Å²) in [6, 6.07) is 17.7. The minimum Gasteiger partial charge on any atom is -0.486 e. The lowest BCUT2D eigenvalue weighted by Crippen LogP contribution is -2.39. The number of nitrogens with zero attached hydrogens (tertiary/aromatic N) is 1. The van der Waals surface area contributed by atoms with E-state index in [1.165, 1.54) is 11.1 Å². The van der Waals surface area contributed by atoms with Crippen molar-refractivity contribution in [3.63, 3.8) is 0 Å². The Labute approximate surface area is 194 Å². The van der Waals surface area contributed by atoms with E-state index in [-0.39, 0.29) is 36.3 Å². The van der Waals surface area contributed by atoms with E-state index in [9.17, 15) is 9.59 Å². The van der Waals surface area contributed by atoms with E-state index in [0.717, 1.165) is 17.5 Å². The van der Waals surface area contributed by atoms with Crippen molar-refractivity contribution in [3.05, 3.63) is 88.4 Å². The molecule has 2 heterocycles. The van der Waals surface area contributed by atoms with E-state index in [4.69, 9.17) is 9.15 Å². The quantitative estimate of drug-likeness (QED) is 0.590. The van der Waals surface area contributed by atoms with Gasteiger partial charge in [-0.05, 0) is 68.1 Å². The Balaban J connectivity index is 1.56. The summed E-state index contributed by atoms with van der Waals surface area (Å²) in [4.78, 5) is 26.5. The van der Waals surface area contributed by atoms with Gasteiger partial charge >= 0.3 is 0 Å². The maximum absolute atomic E-state index is 12.4. The molecule has 0 bridgehead atoms. The van der Waals surface area contributed by atoms with Gasteiger partial charge in [0.2, 0.25) is 5.91 Å². The number of carbonyl (C=O) groups is 2. The van der Waals surface area contributed by atoms with Gasteiger partial charge in [-0.2, -0.15) is 0 Å². The van der Waals surface area contributed by atoms with Crippen molar-refractivity contribution in [1.29, 1.82) is 0 Å². The van der Waals surface area contributed by atoms with Gasteiger partial charge in [0, 0.05) is 19.5 Å². The van der Waals surface area contributed by atoms with Crippen LogP contribution in [0, 0.1) is 6.92 Å². The van der Waals surface area contributed by atoms with Gasteiger partial charge in [-0.1, -0.05) is 35.9 Å². The first-order chi connectivity index (χ1) is 15.8. The van der Waals surface area contributed by atoms with Crippen LogP contribution >= 0.6 is 0 Å². The average molecular weight is 447 g/mol. The summed E-state index contributed by atoms with van der Waals surface area (Å²) >= 11 is 0. The van der Waals surface area contributed by atoms with Gasteiger partial charge < -0.3 is 19.4 Å². The predicted octanol–water partition coefficient (Wildman–Crippen LogP) is 4.80. The van der Waals surface area contributed by atoms with Crippen molar-refractivity contribution in [3.8, 4) is 5.75 Å². The van der Waals surface area contributed by atoms with Gasteiger partial charge in [0.05, 0.1) is 6.04 Å². The van der Waals surface area contributed by atoms with Crippen molar-refractivity contribution < 1.29 is 18.7 Å². The van der Waals surface area contributed by atoms with Gasteiger partial charge in [-0.25, -0.2) is 0 Å². The molecule has 1 aliphatic rings.